The Morgan fingerprint density at radius 2 is 1.82 bits per heavy atom. The van der Waals surface area contributed by atoms with Crippen LogP contribution in [0.1, 0.15) is 48.3 Å². The van der Waals surface area contributed by atoms with E-state index in [1.165, 1.54) is 0 Å². The number of carbonyl (C=O) groups is 1. The van der Waals surface area contributed by atoms with Crippen molar-refractivity contribution in [2.75, 3.05) is 18.5 Å². The lowest BCUT2D eigenvalue weighted by Crippen LogP contribution is -2.16. The predicted molar refractivity (Wildman–Crippen MR) is 134 cm³/mol. The fraction of sp³-hybridized carbons (Fsp3) is 0.296. The molecule has 4 aromatic rings. The summed E-state index contributed by atoms with van der Waals surface area (Å²) in [6.07, 6.45) is 2.00. The Balaban J connectivity index is 1.62. The van der Waals surface area contributed by atoms with E-state index in [0.29, 0.717) is 41.9 Å². The summed E-state index contributed by atoms with van der Waals surface area (Å²) < 4.78 is 13.2. The molecule has 2 aromatic carbocycles. The van der Waals surface area contributed by atoms with Crippen LogP contribution in [0.5, 0.6) is 11.5 Å². The molecule has 2 aromatic heterocycles. The number of amides is 1. The zero-order valence-electron chi connectivity index (χ0n) is 20.1. The van der Waals surface area contributed by atoms with Crippen LogP contribution in [-0.4, -0.2) is 33.9 Å². The van der Waals surface area contributed by atoms with Gasteiger partial charge in [-0.3, -0.25) is 4.79 Å². The molecule has 0 bridgehead atoms. The molecule has 0 atom stereocenters. The third-order valence-corrected chi connectivity index (χ3v) is 5.46. The summed E-state index contributed by atoms with van der Waals surface area (Å²) in [6, 6.07) is 17.0. The molecule has 0 radical (unpaired) electrons. The minimum Gasteiger partial charge on any atom is -0.490 e. The average molecular weight is 459 g/mol. The van der Waals surface area contributed by atoms with Crippen LogP contribution in [0.25, 0.3) is 16.7 Å². The van der Waals surface area contributed by atoms with E-state index in [0.717, 1.165) is 35.0 Å². The Hall–Kier alpha value is -3.87. The van der Waals surface area contributed by atoms with Gasteiger partial charge < -0.3 is 14.8 Å². The third-order valence-electron chi connectivity index (χ3n) is 5.46. The van der Waals surface area contributed by atoms with Crippen LogP contribution in [0, 0.1) is 13.8 Å². The Labute approximate surface area is 199 Å². The van der Waals surface area contributed by atoms with E-state index in [4.69, 9.17) is 14.5 Å². The SMILES string of the molecule is CCCCOc1ccc(C(=O)Nc2cc(C)nn2-c2cc(C)c3ccccc3n2)cc1OCC. The lowest BCUT2D eigenvalue weighted by molar-refractivity contribution is 0.102. The number of hydrogen-bond donors (Lipinski definition) is 1. The number of anilines is 1. The van der Waals surface area contributed by atoms with Crippen molar-refractivity contribution in [1.82, 2.24) is 14.8 Å². The summed E-state index contributed by atoms with van der Waals surface area (Å²) in [4.78, 5) is 17.9. The summed E-state index contributed by atoms with van der Waals surface area (Å²) in [5.74, 6) is 2.13. The Kier molecular flexibility index (Phi) is 7.11. The van der Waals surface area contributed by atoms with Crippen LogP contribution >= 0.6 is 0 Å². The second-order valence-corrected chi connectivity index (χ2v) is 8.15. The van der Waals surface area contributed by atoms with Gasteiger partial charge in [0.05, 0.1) is 24.4 Å². The standard InChI is InChI=1S/C27H30N4O3/c1-5-7-14-34-23-13-12-20(17-24(23)33-6-2)27(32)29-26-16-19(4)30-31(26)25-15-18(3)21-10-8-9-11-22(21)28-25/h8-13,15-17H,5-7,14H2,1-4H3,(H,29,32). The monoisotopic (exact) mass is 458 g/mol. The van der Waals surface area contributed by atoms with Crippen molar-refractivity contribution in [3.05, 3.63) is 71.4 Å². The maximum absolute atomic E-state index is 13.1. The first-order chi connectivity index (χ1) is 16.5. The first-order valence-corrected chi connectivity index (χ1v) is 11.6. The summed E-state index contributed by atoms with van der Waals surface area (Å²) in [7, 11) is 0. The second-order valence-electron chi connectivity index (χ2n) is 8.15. The Morgan fingerprint density at radius 3 is 2.62 bits per heavy atom. The molecule has 1 N–H and O–H groups in total. The maximum Gasteiger partial charge on any atom is 0.256 e. The van der Waals surface area contributed by atoms with Crippen LogP contribution in [0.15, 0.2) is 54.6 Å². The number of pyridine rings is 1. The highest BCUT2D eigenvalue weighted by atomic mass is 16.5. The first-order valence-electron chi connectivity index (χ1n) is 11.6. The molecule has 0 aliphatic rings. The highest BCUT2D eigenvalue weighted by molar-refractivity contribution is 6.04. The zero-order valence-corrected chi connectivity index (χ0v) is 20.1. The Bertz CT molecular complexity index is 1310. The van der Waals surface area contributed by atoms with E-state index in [1.807, 2.05) is 57.2 Å². The maximum atomic E-state index is 13.1. The van der Waals surface area contributed by atoms with Gasteiger partial charge in [-0.2, -0.15) is 9.78 Å². The number of carbonyl (C=O) groups excluding carboxylic acids is 1. The lowest BCUT2D eigenvalue weighted by Gasteiger charge is -2.14. The summed E-state index contributed by atoms with van der Waals surface area (Å²) in [6.45, 7) is 9.04. The van der Waals surface area contributed by atoms with Crippen molar-refractivity contribution in [2.45, 2.75) is 40.5 Å². The van der Waals surface area contributed by atoms with Crippen LogP contribution < -0.4 is 14.8 Å². The molecule has 0 fully saturated rings. The van der Waals surface area contributed by atoms with E-state index < -0.39 is 0 Å². The largest absolute Gasteiger partial charge is 0.490 e. The molecule has 0 saturated heterocycles. The van der Waals surface area contributed by atoms with E-state index in [-0.39, 0.29) is 5.91 Å². The first kappa shape index (κ1) is 23.3. The third kappa shape index (κ3) is 5.03. The number of ether oxygens (including phenoxy) is 2. The highest BCUT2D eigenvalue weighted by Crippen LogP contribution is 2.29. The van der Waals surface area contributed by atoms with Gasteiger partial charge in [-0.15, -0.1) is 0 Å². The number of benzene rings is 2. The summed E-state index contributed by atoms with van der Waals surface area (Å²) in [5, 5.41) is 8.64. The molecule has 0 unspecified atom stereocenters. The van der Waals surface area contributed by atoms with Gasteiger partial charge in [-0.25, -0.2) is 4.98 Å². The van der Waals surface area contributed by atoms with E-state index in [9.17, 15) is 4.79 Å². The van der Waals surface area contributed by atoms with E-state index in [2.05, 4.69) is 17.3 Å². The summed E-state index contributed by atoms with van der Waals surface area (Å²) in [5.41, 5.74) is 3.21. The molecule has 4 rings (SSSR count). The number of para-hydroxylation sites is 1. The molecule has 0 spiro atoms. The number of nitrogens with zero attached hydrogens (tertiary/aromatic N) is 3. The number of nitrogens with one attached hydrogen (secondary N) is 1. The number of unbranched alkanes of at least 4 members (excludes halogenated alkanes) is 1. The quantitative estimate of drug-likeness (QED) is 0.318. The van der Waals surface area contributed by atoms with Crippen molar-refractivity contribution in [2.24, 2.45) is 0 Å². The smallest absolute Gasteiger partial charge is 0.256 e. The van der Waals surface area contributed by atoms with E-state index in [1.54, 1.807) is 22.9 Å². The van der Waals surface area contributed by atoms with Crippen molar-refractivity contribution < 1.29 is 14.3 Å². The molecular weight excluding hydrogens is 428 g/mol. The van der Waals surface area contributed by atoms with Gasteiger partial charge in [-0.1, -0.05) is 31.5 Å². The van der Waals surface area contributed by atoms with Crippen molar-refractivity contribution in [3.63, 3.8) is 0 Å². The number of fused-ring (bicyclic) bond motifs is 1. The fourth-order valence-corrected chi connectivity index (χ4v) is 3.76. The normalized spacial score (nSPS) is 10.9. The predicted octanol–water partition coefficient (Wildman–Crippen LogP) is 5.87. The molecule has 2 heterocycles. The molecule has 34 heavy (non-hydrogen) atoms. The molecule has 7 nitrogen and oxygen atoms in total. The van der Waals surface area contributed by atoms with Gasteiger partial charge in [0.25, 0.3) is 5.91 Å². The Morgan fingerprint density at radius 1 is 1.00 bits per heavy atom. The minimum absolute atomic E-state index is 0.264. The van der Waals surface area contributed by atoms with Gasteiger partial charge in [0, 0.05) is 17.0 Å². The molecule has 0 aliphatic heterocycles. The van der Waals surface area contributed by atoms with Gasteiger partial charge in [0.2, 0.25) is 0 Å². The minimum atomic E-state index is -0.264. The van der Waals surface area contributed by atoms with Crippen LogP contribution in [0.2, 0.25) is 0 Å². The fourth-order valence-electron chi connectivity index (χ4n) is 3.76. The van der Waals surface area contributed by atoms with Gasteiger partial charge in [0.15, 0.2) is 17.3 Å². The summed E-state index contributed by atoms with van der Waals surface area (Å²) >= 11 is 0. The second kappa shape index (κ2) is 10.4. The van der Waals surface area contributed by atoms with Crippen molar-refractivity contribution in [3.8, 4) is 17.3 Å². The molecule has 0 saturated carbocycles. The molecular formula is C27H30N4O3. The number of rotatable bonds is 9. The van der Waals surface area contributed by atoms with Crippen LogP contribution in [0.4, 0.5) is 5.82 Å². The van der Waals surface area contributed by atoms with Gasteiger partial charge >= 0.3 is 0 Å². The topological polar surface area (TPSA) is 78.3 Å². The van der Waals surface area contributed by atoms with Gasteiger partial charge in [0.1, 0.15) is 5.82 Å². The van der Waals surface area contributed by atoms with Crippen molar-refractivity contribution in [1.29, 1.82) is 0 Å². The molecule has 1 amide bonds. The average Bonchev–Trinajstić information content (AvgIpc) is 3.20. The van der Waals surface area contributed by atoms with Crippen LogP contribution in [0.3, 0.4) is 0 Å². The molecule has 0 aliphatic carbocycles. The zero-order chi connectivity index (χ0) is 24.1. The lowest BCUT2D eigenvalue weighted by atomic mass is 10.1. The molecule has 176 valence electrons. The van der Waals surface area contributed by atoms with E-state index >= 15 is 0 Å². The number of aromatic nitrogens is 3. The number of hydrogen-bond acceptors (Lipinski definition) is 5. The number of aryl methyl sites for hydroxylation is 2. The van der Waals surface area contributed by atoms with Crippen molar-refractivity contribution >= 4 is 22.6 Å². The van der Waals surface area contributed by atoms with Crippen LogP contribution in [-0.2, 0) is 0 Å². The van der Waals surface area contributed by atoms with Gasteiger partial charge in [-0.05, 0) is 63.1 Å². The highest BCUT2D eigenvalue weighted by Gasteiger charge is 2.16. The molecule has 7 heteroatoms.